The van der Waals surface area contributed by atoms with Gasteiger partial charge in [0.2, 0.25) is 0 Å². The van der Waals surface area contributed by atoms with Crippen LogP contribution in [0.25, 0.3) is 0 Å². The number of allylic oxidation sites excluding steroid dienone is 2. The van der Waals surface area contributed by atoms with Gasteiger partial charge in [-0.15, -0.1) is 0 Å². The molecule has 138 valence electrons. The minimum Gasteiger partial charge on any atom is -0.481 e. The van der Waals surface area contributed by atoms with E-state index in [1.807, 2.05) is 0 Å². The Morgan fingerprint density at radius 2 is 1.92 bits per heavy atom. The molecule has 2 nitrogen and oxygen atoms in total. The fraction of sp³-hybridized carbons (Fsp3) is 0.850. The molecule has 2 fully saturated rings. The van der Waals surface area contributed by atoms with Gasteiger partial charge in [0.15, 0.2) is 0 Å². The molecule has 0 amide bonds. The average molecular weight is 371 g/mol. The lowest BCUT2D eigenvalue weighted by atomic mass is 9.78. The lowest BCUT2D eigenvalue weighted by molar-refractivity contribution is -0.137. The summed E-state index contributed by atoms with van der Waals surface area (Å²) in [6.45, 7) is 2.28. The molecule has 0 aromatic rings. The minimum atomic E-state index is -0.677. The van der Waals surface area contributed by atoms with Gasteiger partial charge in [0.1, 0.15) is 0 Å². The molecular formula is C20H34O2S2. The highest BCUT2D eigenvalue weighted by Gasteiger charge is 2.47. The van der Waals surface area contributed by atoms with Crippen LogP contribution in [-0.2, 0) is 4.79 Å². The van der Waals surface area contributed by atoms with Crippen LogP contribution in [0.1, 0.15) is 71.1 Å². The first-order valence-electron chi connectivity index (χ1n) is 9.82. The smallest absolute Gasteiger partial charge is 0.303 e. The second kappa shape index (κ2) is 11.5. The fourth-order valence-electron chi connectivity index (χ4n) is 4.02. The molecule has 4 atom stereocenters. The quantitative estimate of drug-likeness (QED) is 0.318. The second-order valence-electron chi connectivity index (χ2n) is 7.25. The Morgan fingerprint density at radius 1 is 1.12 bits per heavy atom. The molecule has 0 aromatic carbocycles. The van der Waals surface area contributed by atoms with Crippen LogP contribution in [0.5, 0.6) is 0 Å². The maximum atomic E-state index is 10.5. The first-order valence-corrected chi connectivity index (χ1v) is 11.9. The summed E-state index contributed by atoms with van der Waals surface area (Å²) in [7, 11) is 0. The first kappa shape index (κ1) is 20.2. The fourth-order valence-corrected chi connectivity index (χ4v) is 7.48. The SMILES string of the molecule is CCCCCCSC[C@H]1[C@@H](C/C=C\CCCC(=O)O)[C@H]2CC[C@@H]1S2. The standard InChI is InChI=1S/C20H34O2S2/c1-2-3-4-9-14-23-15-17-16(18-12-13-19(17)24-18)10-7-5-6-8-11-20(21)22/h5,7,16-19H,2-4,6,8-15H2,1H3,(H,21,22)/b7-5-/t16-,17+,18-,19+/m1/s1. The molecule has 2 aliphatic heterocycles. The van der Waals surface area contributed by atoms with E-state index in [0.29, 0.717) is 6.42 Å². The number of unbranched alkanes of at least 4 members (excludes halogenated alkanes) is 4. The highest BCUT2D eigenvalue weighted by Crippen LogP contribution is 2.55. The van der Waals surface area contributed by atoms with E-state index in [2.05, 4.69) is 42.6 Å². The molecule has 2 saturated heterocycles. The van der Waals surface area contributed by atoms with Crippen LogP contribution in [0.4, 0.5) is 0 Å². The van der Waals surface area contributed by atoms with E-state index >= 15 is 0 Å². The normalized spacial score (nSPS) is 28.9. The number of carboxylic acid groups (broad SMARTS) is 1. The van der Waals surface area contributed by atoms with Crippen LogP contribution in [-0.4, -0.2) is 33.1 Å². The van der Waals surface area contributed by atoms with E-state index in [1.54, 1.807) is 0 Å². The molecule has 1 N–H and O–H groups in total. The third-order valence-corrected chi connectivity index (χ3v) is 8.45. The maximum absolute atomic E-state index is 10.5. The molecule has 0 radical (unpaired) electrons. The number of hydrogen-bond donors (Lipinski definition) is 1. The molecule has 4 heteroatoms. The van der Waals surface area contributed by atoms with E-state index in [0.717, 1.165) is 35.2 Å². The predicted molar refractivity (Wildman–Crippen MR) is 108 cm³/mol. The van der Waals surface area contributed by atoms with E-state index in [1.165, 1.54) is 56.5 Å². The van der Waals surface area contributed by atoms with Crippen LogP contribution < -0.4 is 0 Å². The van der Waals surface area contributed by atoms with Gasteiger partial charge in [0.05, 0.1) is 0 Å². The summed E-state index contributed by atoms with van der Waals surface area (Å²) >= 11 is 4.46. The lowest BCUT2D eigenvalue weighted by Gasteiger charge is -2.28. The van der Waals surface area contributed by atoms with Crippen molar-refractivity contribution in [1.82, 2.24) is 0 Å². The highest BCUT2D eigenvalue weighted by atomic mass is 32.2. The molecule has 0 spiro atoms. The predicted octanol–water partition coefficient (Wildman–Crippen LogP) is 6.01. The Labute approximate surface area is 156 Å². The van der Waals surface area contributed by atoms with E-state index in [4.69, 9.17) is 5.11 Å². The van der Waals surface area contributed by atoms with Crippen molar-refractivity contribution in [2.75, 3.05) is 11.5 Å². The Kier molecular flexibility index (Phi) is 9.70. The van der Waals surface area contributed by atoms with E-state index in [-0.39, 0.29) is 0 Å². The number of hydrogen-bond acceptors (Lipinski definition) is 3. The van der Waals surface area contributed by atoms with Crippen molar-refractivity contribution < 1.29 is 9.90 Å². The highest BCUT2D eigenvalue weighted by molar-refractivity contribution is 8.01. The number of carboxylic acids is 1. The molecule has 2 bridgehead atoms. The van der Waals surface area contributed by atoms with Crippen molar-refractivity contribution >= 4 is 29.5 Å². The zero-order chi connectivity index (χ0) is 17.2. The average Bonchev–Trinajstić information content (AvgIpc) is 3.15. The summed E-state index contributed by atoms with van der Waals surface area (Å²) in [6, 6.07) is 0. The minimum absolute atomic E-state index is 0.297. The van der Waals surface area contributed by atoms with Crippen LogP contribution in [0, 0.1) is 11.8 Å². The van der Waals surface area contributed by atoms with Crippen molar-refractivity contribution in [1.29, 1.82) is 0 Å². The zero-order valence-corrected chi connectivity index (χ0v) is 16.8. The second-order valence-corrected chi connectivity index (χ2v) is 9.88. The van der Waals surface area contributed by atoms with Crippen molar-refractivity contribution in [3.63, 3.8) is 0 Å². The van der Waals surface area contributed by atoms with Gasteiger partial charge in [0, 0.05) is 16.9 Å². The van der Waals surface area contributed by atoms with Gasteiger partial charge in [-0.05, 0) is 61.9 Å². The van der Waals surface area contributed by atoms with Gasteiger partial charge in [-0.3, -0.25) is 4.79 Å². The molecule has 0 unspecified atom stereocenters. The summed E-state index contributed by atoms with van der Waals surface area (Å²) in [5.74, 6) is 3.80. The third-order valence-electron chi connectivity index (χ3n) is 5.38. The lowest BCUT2D eigenvalue weighted by Crippen LogP contribution is -2.28. The van der Waals surface area contributed by atoms with Crippen molar-refractivity contribution in [3.8, 4) is 0 Å². The molecule has 2 aliphatic rings. The zero-order valence-electron chi connectivity index (χ0n) is 15.1. The van der Waals surface area contributed by atoms with Gasteiger partial charge >= 0.3 is 5.97 Å². The summed E-state index contributed by atoms with van der Waals surface area (Å²) < 4.78 is 0. The number of carbonyl (C=O) groups is 1. The Hall–Kier alpha value is -0.0900. The third kappa shape index (κ3) is 6.67. The van der Waals surface area contributed by atoms with E-state index in [9.17, 15) is 4.79 Å². The van der Waals surface area contributed by atoms with Crippen molar-refractivity contribution in [3.05, 3.63) is 12.2 Å². The summed E-state index contributed by atoms with van der Waals surface area (Å²) in [5, 5.41) is 10.5. The van der Waals surface area contributed by atoms with Gasteiger partial charge in [-0.1, -0.05) is 38.3 Å². The largest absolute Gasteiger partial charge is 0.481 e. The summed E-state index contributed by atoms with van der Waals surface area (Å²) in [6.07, 6.45) is 16.1. The van der Waals surface area contributed by atoms with Crippen molar-refractivity contribution in [2.45, 2.75) is 81.6 Å². The maximum Gasteiger partial charge on any atom is 0.303 e. The molecular weight excluding hydrogens is 336 g/mol. The molecule has 0 aliphatic carbocycles. The number of rotatable bonds is 13. The summed E-state index contributed by atoms with van der Waals surface area (Å²) in [4.78, 5) is 10.5. The number of aliphatic carboxylic acids is 1. The van der Waals surface area contributed by atoms with Crippen LogP contribution in [0.2, 0.25) is 0 Å². The molecule has 2 rings (SSSR count). The van der Waals surface area contributed by atoms with Crippen molar-refractivity contribution in [2.24, 2.45) is 11.8 Å². The molecule has 24 heavy (non-hydrogen) atoms. The number of fused-ring (bicyclic) bond motifs is 2. The number of thioether (sulfide) groups is 2. The Bertz CT molecular complexity index is 397. The Morgan fingerprint density at radius 3 is 2.67 bits per heavy atom. The van der Waals surface area contributed by atoms with Gasteiger partial charge in [-0.25, -0.2) is 0 Å². The Balaban J connectivity index is 1.65. The van der Waals surface area contributed by atoms with Gasteiger partial charge in [-0.2, -0.15) is 23.5 Å². The van der Waals surface area contributed by atoms with Gasteiger partial charge in [0.25, 0.3) is 0 Å². The van der Waals surface area contributed by atoms with Crippen LogP contribution in [0.15, 0.2) is 12.2 Å². The first-order chi connectivity index (χ1) is 11.7. The summed E-state index contributed by atoms with van der Waals surface area (Å²) in [5.41, 5.74) is 0. The molecule has 0 aromatic heterocycles. The monoisotopic (exact) mass is 370 g/mol. The molecule has 0 saturated carbocycles. The van der Waals surface area contributed by atoms with Crippen LogP contribution >= 0.6 is 23.5 Å². The van der Waals surface area contributed by atoms with E-state index < -0.39 is 5.97 Å². The van der Waals surface area contributed by atoms with Gasteiger partial charge < -0.3 is 5.11 Å². The topological polar surface area (TPSA) is 37.3 Å². The molecule has 2 heterocycles. The van der Waals surface area contributed by atoms with Crippen LogP contribution in [0.3, 0.4) is 0 Å².